The Morgan fingerprint density at radius 2 is 1.69 bits per heavy atom. The highest BCUT2D eigenvalue weighted by Crippen LogP contribution is 2.28. The van der Waals surface area contributed by atoms with Gasteiger partial charge in [-0.25, -0.2) is 13.8 Å². The minimum Gasteiger partial charge on any atom is -0.271 e. The Labute approximate surface area is 181 Å². The van der Waals surface area contributed by atoms with E-state index in [1.807, 2.05) is 25.1 Å². The third kappa shape index (κ3) is 6.68. The Bertz CT molecular complexity index is 989. The fourth-order valence-corrected chi connectivity index (χ4v) is 4.51. The van der Waals surface area contributed by atoms with Crippen molar-refractivity contribution >= 4 is 43.3 Å². The molecule has 0 aliphatic carbocycles. The molecule has 0 radical (unpaired) electrons. The van der Waals surface area contributed by atoms with Crippen molar-refractivity contribution in [3.8, 4) is 0 Å². The van der Waals surface area contributed by atoms with Crippen LogP contribution in [0.1, 0.15) is 32.8 Å². The summed E-state index contributed by atoms with van der Waals surface area (Å²) in [6.07, 6.45) is 1.72. The lowest BCUT2D eigenvalue weighted by Gasteiger charge is -2.25. The first-order valence-corrected chi connectivity index (χ1v) is 11.7. The largest absolute Gasteiger partial charge is 0.271 e. The number of hydrazone groups is 1. The van der Waals surface area contributed by atoms with Crippen LogP contribution in [0.2, 0.25) is 0 Å². The maximum Gasteiger partial charge on any atom is 0.260 e. The van der Waals surface area contributed by atoms with Crippen LogP contribution in [-0.4, -0.2) is 32.8 Å². The number of hydrogen-bond donors (Lipinski definition) is 1. The van der Waals surface area contributed by atoms with Crippen LogP contribution in [0.15, 0.2) is 64.2 Å². The second-order valence-electron chi connectivity index (χ2n) is 7.53. The number of carbonyl (C=O) groups excluding carboxylic acids is 1. The molecule has 8 heteroatoms. The van der Waals surface area contributed by atoms with Crippen LogP contribution in [0.3, 0.4) is 0 Å². The van der Waals surface area contributed by atoms with Crippen LogP contribution in [-0.2, 0) is 20.2 Å². The van der Waals surface area contributed by atoms with Crippen molar-refractivity contribution in [3.05, 3.63) is 64.6 Å². The molecule has 0 aromatic heterocycles. The highest BCUT2D eigenvalue weighted by Gasteiger charge is 2.23. The smallest absolute Gasteiger partial charge is 0.260 e. The third-order valence-electron chi connectivity index (χ3n) is 4.43. The molecule has 0 heterocycles. The quantitative estimate of drug-likeness (QED) is 0.457. The van der Waals surface area contributed by atoms with Gasteiger partial charge in [-0.2, -0.15) is 5.10 Å². The number of rotatable bonds is 8. The van der Waals surface area contributed by atoms with Gasteiger partial charge in [0.25, 0.3) is 5.91 Å². The molecule has 0 aliphatic rings. The predicted molar refractivity (Wildman–Crippen MR) is 122 cm³/mol. The van der Waals surface area contributed by atoms with Crippen molar-refractivity contribution in [2.75, 3.05) is 17.1 Å². The Balaban J connectivity index is 2.07. The molecule has 2 aromatic rings. The summed E-state index contributed by atoms with van der Waals surface area (Å²) in [6.45, 7) is 5.70. The van der Waals surface area contributed by atoms with E-state index in [0.29, 0.717) is 16.6 Å². The van der Waals surface area contributed by atoms with Gasteiger partial charge in [-0.05, 0) is 52.4 Å². The fraction of sp³-hybridized carbons (Fsp3) is 0.333. The zero-order valence-electron chi connectivity index (χ0n) is 17.0. The first kappa shape index (κ1) is 23.1. The Kier molecular flexibility index (Phi) is 7.60. The number of nitrogens with zero attached hydrogens (tertiary/aromatic N) is 2. The Morgan fingerprint density at radius 3 is 2.28 bits per heavy atom. The van der Waals surface area contributed by atoms with Crippen molar-refractivity contribution in [2.24, 2.45) is 5.10 Å². The highest BCUT2D eigenvalue weighted by molar-refractivity contribution is 9.10. The van der Waals surface area contributed by atoms with Crippen LogP contribution in [0, 0.1) is 0 Å². The molecular weight excluding hydrogens is 454 g/mol. The minimum absolute atomic E-state index is 0.146. The number of carbonyl (C=O) groups is 1. The zero-order chi connectivity index (χ0) is 21.7. The number of benzene rings is 2. The van der Waals surface area contributed by atoms with E-state index in [9.17, 15) is 13.2 Å². The SMILES string of the molecule is C/C(CC(C)(C)c1ccccc1)=N/NC(=O)CN(c1ccccc1Br)S(C)(=O)=O. The summed E-state index contributed by atoms with van der Waals surface area (Å²) in [5.74, 6) is -0.511. The maximum atomic E-state index is 12.4. The molecule has 156 valence electrons. The van der Waals surface area contributed by atoms with Crippen LogP contribution in [0.4, 0.5) is 5.69 Å². The van der Waals surface area contributed by atoms with Crippen molar-refractivity contribution < 1.29 is 13.2 Å². The molecule has 0 bridgehead atoms. The van der Waals surface area contributed by atoms with Gasteiger partial charge in [0.2, 0.25) is 10.0 Å². The molecule has 2 rings (SSSR count). The number of para-hydroxylation sites is 1. The summed E-state index contributed by atoms with van der Waals surface area (Å²) >= 11 is 3.33. The maximum absolute atomic E-state index is 12.4. The van der Waals surface area contributed by atoms with E-state index in [1.54, 1.807) is 24.3 Å². The van der Waals surface area contributed by atoms with Crippen molar-refractivity contribution in [1.82, 2.24) is 5.43 Å². The van der Waals surface area contributed by atoms with Gasteiger partial charge in [0.1, 0.15) is 6.54 Å². The number of hydrogen-bond acceptors (Lipinski definition) is 4. The van der Waals surface area contributed by atoms with E-state index in [0.717, 1.165) is 16.3 Å². The van der Waals surface area contributed by atoms with Crippen molar-refractivity contribution in [1.29, 1.82) is 0 Å². The lowest BCUT2D eigenvalue weighted by Crippen LogP contribution is -2.39. The number of halogens is 1. The second kappa shape index (κ2) is 9.54. The monoisotopic (exact) mass is 479 g/mol. The summed E-state index contributed by atoms with van der Waals surface area (Å²) in [4.78, 5) is 12.4. The van der Waals surface area contributed by atoms with Gasteiger partial charge in [-0.1, -0.05) is 56.3 Å². The molecule has 0 atom stereocenters. The van der Waals surface area contributed by atoms with Crippen LogP contribution in [0.25, 0.3) is 0 Å². The highest BCUT2D eigenvalue weighted by atomic mass is 79.9. The van der Waals surface area contributed by atoms with Crippen molar-refractivity contribution in [2.45, 2.75) is 32.6 Å². The number of amides is 1. The molecule has 0 unspecified atom stereocenters. The van der Waals surface area contributed by atoms with E-state index < -0.39 is 15.9 Å². The third-order valence-corrected chi connectivity index (χ3v) is 6.23. The van der Waals surface area contributed by atoms with Crippen LogP contribution in [0.5, 0.6) is 0 Å². The number of nitrogens with one attached hydrogen (secondary N) is 1. The molecule has 0 saturated heterocycles. The van der Waals surface area contributed by atoms with Gasteiger partial charge in [0, 0.05) is 10.2 Å². The van der Waals surface area contributed by atoms with Gasteiger partial charge >= 0.3 is 0 Å². The van der Waals surface area contributed by atoms with Gasteiger partial charge in [0.05, 0.1) is 11.9 Å². The molecule has 29 heavy (non-hydrogen) atoms. The van der Waals surface area contributed by atoms with Gasteiger partial charge < -0.3 is 0 Å². The fourth-order valence-electron chi connectivity index (χ4n) is 3.03. The van der Waals surface area contributed by atoms with Crippen molar-refractivity contribution in [3.63, 3.8) is 0 Å². The van der Waals surface area contributed by atoms with E-state index in [4.69, 9.17) is 0 Å². The Morgan fingerprint density at radius 1 is 1.10 bits per heavy atom. The lowest BCUT2D eigenvalue weighted by molar-refractivity contribution is -0.119. The summed E-state index contributed by atoms with van der Waals surface area (Å²) < 4.78 is 26.0. The molecule has 2 aromatic carbocycles. The van der Waals surface area contributed by atoms with Crippen LogP contribution >= 0.6 is 15.9 Å². The molecule has 0 spiro atoms. The summed E-state index contributed by atoms with van der Waals surface area (Å²) in [7, 11) is -3.64. The molecule has 1 N–H and O–H groups in total. The molecule has 6 nitrogen and oxygen atoms in total. The minimum atomic E-state index is -3.64. The van der Waals surface area contributed by atoms with E-state index in [-0.39, 0.29) is 12.0 Å². The second-order valence-corrected chi connectivity index (χ2v) is 10.3. The number of anilines is 1. The summed E-state index contributed by atoms with van der Waals surface area (Å²) in [5.41, 5.74) is 4.66. The lowest BCUT2D eigenvalue weighted by atomic mass is 9.80. The van der Waals surface area contributed by atoms with Gasteiger partial charge in [0.15, 0.2) is 0 Å². The standard InChI is InChI=1S/C21H26BrN3O3S/c1-16(14-21(2,3)17-10-6-5-7-11-17)23-24-20(26)15-25(29(4,27)28)19-13-9-8-12-18(19)22/h5-13H,14-15H2,1-4H3,(H,24,26)/b23-16-. The van der Waals surface area contributed by atoms with Gasteiger partial charge in [-0.15, -0.1) is 0 Å². The average Bonchev–Trinajstić information content (AvgIpc) is 2.65. The van der Waals surface area contributed by atoms with E-state index in [2.05, 4.69) is 52.4 Å². The zero-order valence-corrected chi connectivity index (χ0v) is 19.4. The number of sulfonamides is 1. The summed E-state index contributed by atoms with van der Waals surface area (Å²) in [6, 6.07) is 16.9. The van der Waals surface area contributed by atoms with Gasteiger partial charge in [-0.3, -0.25) is 9.10 Å². The predicted octanol–water partition coefficient (Wildman–Crippen LogP) is 4.08. The normalized spacial score (nSPS) is 12.5. The molecule has 0 aliphatic heterocycles. The topological polar surface area (TPSA) is 78.8 Å². The molecule has 0 fully saturated rings. The first-order valence-electron chi connectivity index (χ1n) is 9.10. The average molecular weight is 480 g/mol. The van der Waals surface area contributed by atoms with Crippen LogP contribution < -0.4 is 9.73 Å². The summed E-state index contributed by atoms with van der Waals surface area (Å²) in [5, 5.41) is 4.17. The molecule has 0 saturated carbocycles. The van der Waals surface area contributed by atoms with E-state index >= 15 is 0 Å². The molecular formula is C21H26BrN3O3S. The van der Waals surface area contributed by atoms with E-state index in [1.165, 1.54) is 5.56 Å². The Hall–Kier alpha value is -2.19. The molecule has 1 amide bonds. The first-order chi connectivity index (χ1) is 13.5.